The second kappa shape index (κ2) is 6.44. The van der Waals surface area contributed by atoms with E-state index in [2.05, 4.69) is 5.32 Å². The van der Waals surface area contributed by atoms with Crippen LogP contribution in [0.2, 0.25) is 0 Å². The molecule has 1 amide bonds. The van der Waals surface area contributed by atoms with Crippen LogP contribution < -0.4 is 5.32 Å². The van der Waals surface area contributed by atoms with E-state index in [1.807, 2.05) is 67.6 Å². The molecule has 0 heterocycles. The van der Waals surface area contributed by atoms with Gasteiger partial charge >= 0.3 is 0 Å². The summed E-state index contributed by atoms with van der Waals surface area (Å²) in [5.74, 6) is -0.0402. The van der Waals surface area contributed by atoms with E-state index in [1.165, 1.54) is 11.8 Å². The quantitative estimate of drug-likeness (QED) is 0.693. The normalized spacial score (nSPS) is 10.5. The first-order chi connectivity index (χ1) is 11.2. The molecule has 0 radical (unpaired) electrons. The average Bonchev–Trinajstić information content (AvgIpc) is 2.57. The molecular weight excluding hydrogens is 284 g/mol. The maximum atomic E-state index is 12.3. The van der Waals surface area contributed by atoms with Gasteiger partial charge in [-0.2, -0.15) is 0 Å². The number of carbonyl (C=O) groups excluding carboxylic acids is 1. The topological polar surface area (TPSA) is 53.0 Å². The lowest BCUT2D eigenvalue weighted by Gasteiger charge is -2.11. The molecule has 0 aromatic heterocycles. The standard InChI is InChI=1S/C20H18N2O/c1-14-6-8-15(9-7-14)12-20(23)22-19-11-10-16(13-21)17-4-2-3-5-18(17)19/h2-11,13,21H,12H2,1H3,(H,22,23). The third-order valence-electron chi connectivity index (χ3n) is 3.87. The molecule has 0 fully saturated rings. The van der Waals surface area contributed by atoms with Crippen molar-refractivity contribution in [2.45, 2.75) is 13.3 Å². The molecule has 3 aromatic carbocycles. The highest BCUT2D eigenvalue weighted by molar-refractivity contribution is 6.08. The molecule has 0 unspecified atom stereocenters. The number of hydrogen-bond acceptors (Lipinski definition) is 2. The van der Waals surface area contributed by atoms with Crippen LogP contribution in [-0.2, 0) is 11.2 Å². The Hall–Kier alpha value is -2.94. The van der Waals surface area contributed by atoms with Gasteiger partial charge in [-0.3, -0.25) is 4.79 Å². The van der Waals surface area contributed by atoms with E-state index in [4.69, 9.17) is 5.41 Å². The van der Waals surface area contributed by atoms with Gasteiger partial charge in [0.15, 0.2) is 0 Å². The van der Waals surface area contributed by atoms with Gasteiger partial charge in [0, 0.05) is 17.3 Å². The Morgan fingerprint density at radius 1 is 1.00 bits per heavy atom. The lowest BCUT2D eigenvalue weighted by atomic mass is 10.0. The Morgan fingerprint density at radius 2 is 1.70 bits per heavy atom. The molecule has 0 atom stereocenters. The van der Waals surface area contributed by atoms with Crippen molar-refractivity contribution in [1.29, 1.82) is 5.41 Å². The van der Waals surface area contributed by atoms with Crippen molar-refractivity contribution >= 4 is 28.6 Å². The highest BCUT2D eigenvalue weighted by Gasteiger charge is 2.08. The Labute approximate surface area is 135 Å². The van der Waals surface area contributed by atoms with Gasteiger partial charge in [0.25, 0.3) is 0 Å². The molecule has 0 aliphatic rings. The van der Waals surface area contributed by atoms with Crippen molar-refractivity contribution in [1.82, 2.24) is 0 Å². The van der Waals surface area contributed by atoms with Crippen LogP contribution >= 0.6 is 0 Å². The minimum absolute atomic E-state index is 0.0402. The minimum atomic E-state index is -0.0402. The van der Waals surface area contributed by atoms with E-state index < -0.39 is 0 Å². The zero-order chi connectivity index (χ0) is 16.2. The van der Waals surface area contributed by atoms with E-state index >= 15 is 0 Å². The van der Waals surface area contributed by atoms with E-state index in [1.54, 1.807) is 0 Å². The maximum Gasteiger partial charge on any atom is 0.228 e. The van der Waals surface area contributed by atoms with Crippen LogP contribution in [0.1, 0.15) is 16.7 Å². The maximum absolute atomic E-state index is 12.3. The number of rotatable bonds is 4. The van der Waals surface area contributed by atoms with Gasteiger partial charge in [-0.15, -0.1) is 0 Å². The fourth-order valence-corrected chi connectivity index (χ4v) is 2.64. The van der Waals surface area contributed by atoms with Gasteiger partial charge in [0.1, 0.15) is 0 Å². The van der Waals surface area contributed by atoms with Crippen molar-refractivity contribution in [3.8, 4) is 0 Å². The molecule has 3 nitrogen and oxygen atoms in total. The van der Waals surface area contributed by atoms with Gasteiger partial charge in [-0.25, -0.2) is 0 Å². The smallest absolute Gasteiger partial charge is 0.228 e. The molecule has 3 aromatic rings. The molecule has 3 heteroatoms. The summed E-state index contributed by atoms with van der Waals surface area (Å²) in [6.07, 6.45) is 1.68. The Bertz CT molecular complexity index is 866. The molecule has 0 bridgehead atoms. The number of benzene rings is 3. The highest BCUT2D eigenvalue weighted by atomic mass is 16.1. The molecule has 0 saturated carbocycles. The van der Waals surface area contributed by atoms with Gasteiger partial charge in [-0.1, -0.05) is 60.2 Å². The van der Waals surface area contributed by atoms with Crippen molar-refractivity contribution < 1.29 is 4.79 Å². The Kier molecular flexibility index (Phi) is 4.20. The van der Waals surface area contributed by atoms with Crippen LogP contribution in [0.15, 0.2) is 60.7 Å². The zero-order valence-corrected chi connectivity index (χ0v) is 13.0. The number of amides is 1. The van der Waals surface area contributed by atoms with Crippen LogP contribution in [0.3, 0.4) is 0 Å². The van der Waals surface area contributed by atoms with Crippen LogP contribution in [0.25, 0.3) is 10.8 Å². The van der Waals surface area contributed by atoms with Crippen LogP contribution in [-0.4, -0.2) is 12.1 Å². The molecule has 0 aliphatic carbocycles. The molecule has 114 valence electrons. The van der Waals surface area contributed by atoms with Crippen molar-refractivity contribution in [3.63, 3.8) is 0 Å². The minimum Gasteiger partial charge on any atom is -0.325 e. The number of fused-ring (bicyclic) bond motifs is 1. The summed E-state index contributed by atoms with van der Waals surface area (Å²) in [6, 6.07) is 19.5. The second-order valence-electron chi connectivity index (χ2n) is 5.60. The molecule has 3 rings (SSSR count). The van der Waals surface area contributed by atoms with Gasteiger partial charge < -0.3 is 10.7 Å². The van der Waals surface area contributed by atoms with Gasteiger partial charge in [0.2, 0.25) is 5.91 Å². The summed E-state index contributed by atoms with van der Waals surface area (Å²) >= 11 is 0. The third kappa shape index (κ3) is 3.29. The lowest BCUT2D eigenvalue weighted by Crippen LogP contribution is -2.14. The van der Waals surface area contributed by atoms with E-state index in [0.717, 1.165) is 27.6 Å². The fourth-order valence-electron chi connectivity index (χ4n) is 2.64. The molecule has 2 N–H and O–H groups in total. The monoisotopic (exact) mass is 302 g/mol. The zero-order valence-electron chi connectivity index (χ0n) is 13.0. The summed E-state index contributed by atoms with van der Waals surface area (Å²) in [5, 5.41) is 12.4. The number of anilines is 1. The first-order valence-corrected chi connectivity index (χ1v) is 7.55. The number of carbonyl (C=O) groups is 1. The van der Waals surface area contributed by atoms with Crippen molar-refractivity contribution in [3.05, 3.63) is 77.4 Å². The van der Waals surface area contributed by atoms with Crippen LogP contribution in [0, 0.1) is 12.3 Å². The number of aryl methyl sites for hydroxylation is 1. The lowest BCUT2D eigenvalue weighted by molar-refractivity contribution is -0.115. The van der Waals surface area contributed by atoms with E-state index in [-0.39, 0.29) is 5.91 Å². The van der Waals surface area contributed by atoms with E-state index in [9.17, 15) is 4.79 Å². The number of nitrogens with one attached hydrogen (secondary N) is 2. The summed E-state index contributed by atoms with van der Waals surface area (Å²) < 4.78 is 0. The number of hydrogen-bond donors (Lipinski definition) is 2. The fraction of sp³-hybridized carbons (Fsp3) is 0.100. The third-order valence-corrected chi connectivity index (χ3v) is 3.87. The predicted octanol–water partition coefficient (Wildman–Crippen LogP) is 4.33. The molecular formula is C20H18N2O. The molecule has 0 aliphatic heterocycles. The summed E-state index contributed by atoms with van der Waals surface area (Å²) in [5.41, 5.74) is 3.80. The van der Waals surface area contributed by atoms with Crippen molar-refractivity contribution in [2.24, 2.45) is 0 Å². The predicted molar refractivity (Wildman–Crippen MR) is 95.3 cm³/mol. The van der Waals surface area contributed by atoms with Crippen molar-refractivity contribution in [2.75, 3.05) is 5.32 Å². The SMILES string of the molecule is Cc1ccc(CC(=O)Nc2ccc(C=N)c3ccccc23)cc1. The van der Waals surface area contributed by atoms with Crippen LogP contribution in [0.5, 0.6) is 0 Å². The van der Waals surface area contributed by atoms with E-state index in [0.29, 0.717) is 6.42 Å². The molecule has 0 spiro atoms. The average molecular weight is 302 g/mol. The largest absolute Gasteiger partial charge is 0.325 e. The van der Waals surface area contributed by atoms with Gasteiger partial charge in [0.05, 0.1) is 6.42 Å². The summed E-state index contributed by atoms with van der Waals surface area (Å²) in [4.78, 5) is 12.3. The highest BCUT2D eigenvalue weighted by Crippen LogP contribution is 2.26. The van der Waals surface area contributed by atoms with Crippen LogP contribution in [0.4, 0.5) is 5.69 Å². The summed E-state index contributed by atoms with van der Waals surface area (Å²) in [6.45, 7) is 2.03. The molecule has 0 saturated heterocycles. The second-order valence-corrected chi connectivity index (χ2v) is 5.60. The first-order valence-electron chi connectivity index (χ1n) is 7.55. The Balaban J connectivity index is 1.85. The Morgan fingerprint density at radius 3 is 2.39 bits per heavy atom. The molecule has 23 heavy (non-hydrogen) atoms. The van der Waals surface area contributed by atoms with Gasteiger partial charge in [-0.05, 0) is 29.5 Å². The first kappa shape index (κ1) is 15.0. The summed E-state index contributed by atoms with van der Waals surface area (Å²) in [7, 11) is 0.